The molecule has 0 saturated heterocycles. The predicted octanol–water partition coefficient (Wildman–Crippen LogP) is 2.50. The number of nitrogens with two attached hydrogens (primary N) is 1. The molecule has 0 aliphatic carbocycles. The Kier molecular flexibility index (Phi) is 6.63. The molecule has 11 heteroatoms. The Labute approximate surface area is 176 Å². The molecule has 0 aliphatic rings. The Hall–Kier alpha value is -2.53. The maximum absolute atomic E-state index is 13.3. The molecule has 2 aromatic carbocycles. The Morgan fingerprint density at radius 2 is 1.59 bits per heavy atom. The predicted molar refractivity (Wildman–Crippen MR) is 117 cm³/mol. The topological polar surface area (TPSA) is 114 Å². The summed E-state index contributed by atoms with van der Waals surface area (Å²) in [5, 5.41) is 4.98. The molecule has 0 fully saturated rings. The van der Waals surface area contributed by atoms with Crippen LogP contribution in [0.25, 0.3) is 11.3 Å². The summed E-state index contributed by atoms with van der Waals surface area (Å²) in [4.78, 5) is 1.73. The van der Waals surface area contributed by atoms with Gasteiger partial charge in [-0.15, -0.1) is 12.4 Å². The minimum absolute atomic E-state index is 0. The lowest BCUT2D eigenvalue weighted by atomic mass is 10.1. The van der Waals surface area contributed by atoms with Crippen molar-refractivity contribution < 1.29 is 16.8 Å². The van der Waals surface area contributed by atoms with Gasteiger partial charge in [0.25, 0.3) is 20.2 Å². The molecule has 0 unspecified atom stereocenters. The highest BCUT2D eigenvalue weighted by molar-refractivity contribution is 7.90. The van der Waals surface area contributed by atoms with Gasteiger partial charge >= 0.3 is 0 Å². The minimum atomic E-state index is -4.02. The van der Waals surface area contributed by atoms with Crippen LogP contribution >= 0.6 is 12.4 Å². The number of rotatable bonds is 6. The normalized spacial score (nSPS) is 11.6. The molecular formula is C18H21ClN4O4S2. The fraction of sp³-hybridized carbons (Fsp3) is 0.111. The fourth-order valence-corrected chi connectivity index (χ4v) is 4.56. The van der Waals surface area contributed by atoms with Crippen molar-refractivity contribution in [3.05, 3.63) is 66.9 Å². The van der Waals surface area contributed by atoms with E-state index in [1.807, 2.05) is 44.4 Å². The van der Waals surface area contributed by atoms with Gasteiger partial charge in [0.05, 0.1) is 22.0 Å². The van der Waals surface area contributed by atoms with Crippen LogP contribution in [-0.2, 0) is 20.2 Å². The van der Waals surface area contributed by atoms with Gasteiger partial charge in [-0.25, -0.2) is 17.5 Å². The van der Waals surface area contributed by atoms with Gasteiger partial charge in [-0.1, -0.05) is 36.4 Å². The second kappa shape index (κ2) is 8.46. The zero-order valence-electron chi connectivity index (χ0n) is 15.7. The molecular weight excluding hydrogens is 436 g/mol. The highest BCUT2D eigenvalue weighted by Gasteiger charge is 2.23. The zero-order chi connectivity index (χ0) is 20.5. The molecule has 3 rings (SSSR count). The highest BCUT2D eigenvalue weighted by atomic mass is 35.5. The molecule has 0 atom stereocenters. The smallest absolute Gasteiger partial charge is 0.296 e. The van der Waals surface area contributed by atoms with Crippen LogP contribution in [0.1, 0.15) is 0 Å². The third-order valence-corrected chi connectivity index (χ3v) is 6.20. The summed E-state index contributed by atoms with van der Waals surface area (Å²) in [6, 6.07) is 16.4. The number of nitrogens with zero attached hydrogens (tertiary/aromatic N) is 2. The van der Waals surface area contributed by atoms with Gasteiger partial charge in [0, 0.05) is 20.3 Å². The second-order valence-electron chi connectivity index (χ2n) is 6.32. The van der Waals surface area contributed by atoms with Gasteiger partial charge < -0.3 is 4.90 Å². The molecule has 1 heterocycles. The standard InChI is InChI=1S/C18H20N4O4S2.ClH/c1-21(2)16-12-18(14-7-4-3-5-8-14)22(13-16)27(23,24)17-10-6-9-15(11-17)20-28(19,25)26;/h3-13,20H,1-2H3,(H2,19,25,26);1H. The van der Waals surface area contributed by atoms with Gasteiger partial charge in [0.15, 0.2) is 0 Å². The molecule has 3 aromatic rings. The Morgan fingerprint density at radius 3 is 2.17 bits per heavy atom. The summed E-state index contributed by atoms with van der Waals surface area (Å²) >= 11 is 0. The molecule has 0 bridgehead atoms. The van der Waals surface area contributed by atoms with Crippen molar-refractivity contribution in [2.75, 3.05) is 23.7 Å². The first-order valence-corrected chi connectivity index (χ1v) is 11.2. The third kappa shape index (κ3) is 5.10. The van der Waals surface area contributed by atoms with E-state index in [0.717, 1.165) is 5.56 Å². The minimum Gasteiger partial charge on any atom is -0.376 e. The first kappa shape index (κ1) is 22.8. The monoisotopic (exact) mass is 456 g/mol. The lowest BCUT2D eigenvalue weighted by Crippen LogP contribution is -2.22. The van der Waals surface area contributed by atoms with Crippen molar-refractivity contribution >= 4 is 44.0 Å². The number of aromatic nitrogens is 1. The Bertz CT molecular complexity index is 1210. The molecule has 1 aromatic heterocycles. The van der Waals surface area contributed by atoms with E-state index < -0.39 is 20.2 Å². The number of nitrogens with one attached hydrogen (secondary N) is 1. The van der Waals surface area contributed by atoms with Crippen LogP contribution in [-0.4, -0.2) is 34.9 Å². The van der Waals surface area contributed by atoms with Crippen molar-refractivity contribution in [2.45, 2.75) is 4.90 Å². The summed E-state index contributed by atoms with van der Waals surface area (Å²) < 4.78 is 52.4. The van der Waals surface area contributed by atoms with E-state index in [9.17, 15) is 16.8 Å². The molecule has 3 N–H and O–H groups in total. The zero-order valence-corrected chi connectivity index (χ0v) is 18.1. The van der Waals surface area contributed by atoms with E-state index in [1.54, 1.807) is 11.0 Å². The average Bonchev–Trinajstić information content (AvgIpc) is 3.08. The Morgan fingerprint density at radius 1 is 0.931 bits per heavy atom. The molecule has 0 amide bonds. The lowest BCUT2D eigenvalue weighted by molar-refractivity contribution is 0.587. The summed E-state index contributed by atoms with van der Waals surface area (Å²) in [5.74, 6) is 0. The fourth-order valence-electron chi connectivity index (χ4n) is 2.69. The van der Waals surface area contributed by atoms with Crippen LogP contribution < -0.4 is 14.8 Å². The van der Waals surface area contributed by atoms with Crippen molar-refractivity contribution in [2.24, 2.45) is 5.14 Å². The summed E-state index contributed by atoms with van der Waals surface area (Å²) in [6.07, 6.45) is 1.53. The van der Waals surface area contributed by atoms with Crippen molar-refractivity contribution in [3.8, 4) is 11.3 Å². The quantitative estimate of drug-likeness (QED) is 0.591. The molecule has 0 saturated carbocycles. The van der Waals surface area contributed by atoms with E-state index in [1.165, 1.54) is 34.4 Å². The van der Waals surface area contributed by atoms with Gasteiger partial charge in [-0.3, -0.25) is 4.72 Å². The van der Waals surface area contributed by atoms with Crippen LogP contribution in [0.4, 0.5) is 11.4 Å². The number of hydrogen-bond acceptors (Lipinski definition) is 5. The van der Waals surface area contributed by atoms with Crippen LogP contribution in [0.5, 0.6) is 0 Å². The maximum atomic E-state index is 13.3. The van der Waals surface area contributed by atoms with Gasteiger partial charge in [-0.05, 0) is 29.8 Å². The number of halogens is 1. The SMILES string of the molecule is CN(C)c1cc(-c2ccccc2)n(S(=O)(=O)c2cccc(NS(N)(=O)=O)c2)c1.Cl. The summed E-state index contributed by atoms with van der Waals surface area (Å²) in [6.45, 7) is 0. The van der Waals surface area contributed by atoms with Gasteiger partial charge in [-0.2, -0.15) is 8.42 Å². The maximum Gasteiger partial charge on any atom is 0.296 e. The van der Waals surface area contributed by atoms with Gasteiger partial charge in [0.1, 0.15) is 0 Å². The molecule has 0 aliphatic heterocycles. The molecule has 29 heavy (non-hydrogen) atoms. The van der Waals surface area contributed by atoms with Crippen LogP contribution in [0, 0.1) is 0 Å². The molecule has 156 valence electrons. The summed E-state index contributed by atoms with van der Waals surface area (Å²) in [7, 11) is -4.38. The third-order valence-electron chi connectivity index (χ3n) is 4.01. The number of benzene rings is 2. The largest absolute Gasteiger partial charge is 0.376 e. The van der Waals surface area contributed by atoms with Crippen LogP contribution in [0.2, 0.25) is 0 Å². The second-order valence-corrected chi connectivity index (χ2v) is 9.43. The van der Waals surface area contributed by atoms with E-state index in [4.69, 9.17) is 5.14 Å². The first-order valence-electron chi connectivity index (χ1n) is 8.19. The van der Waals surface area contributed by atoms with E-state index >= 15 is 0 Å². The lowest BCUT2D eigenvalue weighted by Gasteiger charge is -2.12. The van der Waals surface area contributed by atoms with Crippen molar-refractivity contribution in [3.63, 3.8) is 0 Å². The molecule has 0 radical (unpaired) electrons. The van der Waals surface area contributed by atoms with Crippen LogP contribution in [0.3, 0.4) is 0 Å². The van der Waals surface area contributed by atoms with E-state index in [2.05, 4.69) is 4.72 Å². The van der Waals surface area contributed by atoms with Crippen LogP contribution in [0.15, 0.2) is 71.8 Å². The first-order chi connectivity index (χ1) is 13.1. The summed E-state index contributed by atoms with van der Waals surface area (Å²) in [5.41, 5.74) is 2.00. The highest BCUT2D eigenvalue weighted by Crippen LogP contribution is 2.30. The van der Waals surface area contributed by atoms with Crippen molar-refractivity contribution in [1.82, 2.24) is 3.97 Å². The molecule has 0 spiro atoms. The number of anilines is 2. The molecule has 8 nitrogen and oxygen atoms in total. The van der Waals surface area contributed by atoms with Crippen molar-refractivity contribution in [1.29, 1.82) is 0 Å². The average molecular weight is 457 g/mol. The van der Waals surface area contributed by atoms with Gasteiger partial charge in [0.2, 0.25) is 0 Å². The Balaban J connectivity index is 0.00000300. The number of hydrogen-bond donors (Lipinski definition) is 2. The van der Waals surface area contributed by atoms with E-state index in [-0.39, 0.29) is 23.0 Å². The van der Waals surface area contributed by atoms with E-state index in [0.29, 0.717) is 11.4 Å².